The molecule has 4 nitrogen and oxygen atoms in total. The lowest BCUT2D eigenvalue weighted by Crippen LogP contribution is -2.29. The third-order valence-electron chi connectivity index (χ3n) is 2.86. The predicted molar refractivity (Wildman–Crippen MR) is 78.6 cm³/mol. The molecule has 1 aromatic carbocycles. The summed E-state index contributed by atoms with van der Waals surface area (Å²) in [6.45, 7) is 1.99. The quantitative estimate of drug-likeness (QED) is 0.658. The van der Waals surface area contributed by atoms with Gasteiger partial charge >= 0.3 is 0 Å². The minimum Gasteiger partial charge on any atom is -0.495 e. The SMILES string of the molecule is COc1cc(C(Cc2csc(C)n2)NN)ccc1Cl. The van der Waals surface area contributed by atoms with Crippen LogP contribution in [0, 0.1) is 6.92 Å². The molecule has 0 aliphatic rings. The summed E-state index contributed by atoms with van der Waals surface area (Å²) in [6, 6.07) is 5.63. The van der Waals surface area contributed by atoms with Crippen molar-refractivity contribution in [3.8, 4) is 5.75 Å². The maximum atomic E-state index is 6.02. The van der Waals surface area contributed by atoms with E-state index in [9.17, 15) is 0 Å². The highest BCUT2D eigenvalue weighted by atomic mass is 35.5. The van der Waals surface area contributed by atoms with Crippen LogP contribution in [-0.4, -0.2) is 12.1 Å². The summed E-state index contributed by atoms with van der Waals surface area (Å²) in [5.74, 6) is 6.29. The summed E-state index contributed by atoms with van der Waals surface area (Å²) in [5, 5.41) is 3.69. The lowest BCUT2D eigenvalue weighted by Gasteiger charge is -2.16. The number of rotatable bonds is 5. The first-order chi connectivity index (χ1) is 9.13. The number of nitrogens with zero attached hydrogens (tertiary/aromatic N) is 1. The van der Waals surface area contributed by atoms with Gasteiger partial charge in [-0.2, -0.15) is 0 Å². The molecule has 0 aliphatic heterocycles. The van der Waals surface area contributed by atoms with Gasteiger partial charge in [0, 0.05) is 11.8 Å². The molecule has 1 atom stereocenters. The first-order valence-electron chi connectivity index (χ1n) is 5.84. The van der Waals surface area contributed by atoms with E-state index in [1.54, 1.807) is 18.4 Å². The molecule has 0 fully saturated rings. The van der Waals surface area contributed by atoms with Crippen LogP contribution >= 0.6 is 22.9 Å². The van der Waals surface area contributed by atoms with E-state index in [-0.39, 0.29) is 6.04 Å². The smallest absolute Gasteiger partial charge is 0.137 e. The van der Waals surface area contributed by atoms with Gasteiger partial charge in [0.2, 0.25) is 0 Å². The molecule has 1 unspecified atom stereocenters. The molecular formula is C13H16ClN3OS. The zero-order chi connectivity index (χ0) is 13.8. The number of aromatic nitrogens is 1. The van der Waals surface area contributed by atoms with Crippen LogP contribution in [-0.2, 0) is 6.42 Å². The first-order valence-corrected chi connectivity index (χ1v) is 7.10. The van der Waals surface area contributed by atoms with Gasteiger partial charge in [0.15, 0.2) is 0 Å². The Hall–Kier alpha value is -1.14. The normalized spacial score (nSPS) is 12.4. The van der Waals surface area contributed by atoms with E-state index in [4.69, 9.17) is 22.2 Å². The van der Waals surface area contributed by atoms with Crippen LogP contribution in [0.15, 0.2) is 23.6 Å². The molecule has 1 aromatic heterocycles. The number of methoxy groups -OCH3 is 1. The number of nitrogens with two attached hydrogens (primary N) is 1. The predicted octanol–water partition coefficient (Wildman–Crippen LogP) is 2.86. The van der Waals surface area contributed by atoms with E-state index in [1.165, 1.54) is 0 Å². The minimum absolute atomic E-state index is 0.0207. The number of hydrazine groups is 1. The van der Waals surface area contributed by atoms with Crippen molar-refractivity contribution in [3.05, 3.63) is 44.9 Å². The van der Waals surface area contributed by atoms with Crippen LogP contribution in [0.1, 0.15) is 22.3 Å². The Morgan fingerprint density at radius 1 is 1.53 bits per heavy atom. The maximum absolute atomic E-state index is 6.02. The van der Waals surface area contributed by atoms with Crippen molar-refractivity contribution in [1.82, 2.24) is 10.4 Å². The number of halogens is 1. The molecule has 0 spiro atoms. The lowest BCUT2D eigenvalue weighted by atomic mass is 10.0. The second-order valence-electron chi connectivity index (χ2n) is 4.18. The van der Waals surface area contributed by atoms with Crippen molar-refractivity contribution >= 4 is 22.9 Å². The maximum Gasteiger partial charge on any atom is 0.137 e. The summed E-state index contributed by atoms with van der Waals surface area (Å²) in [7, 11) is 1.60. The zero-order valence-electron chi connectivity index (χ0n) is 10.8. The monoisotopic (exact) mass is 297 g/mol. The molecule has 2 rings (SSSR count). The van der Waals surface area contributed by atoms with E-state index >= 15 is 0 Å². The van der Waals surface area contributed by atoms with Gasteiger partial charge in [0.25, 0.3) is 0 Å². The van der Waals surface area contributed by atoms with Crippen LogP contribution in [0.2, 0.25) is 5.02 Å². The Bertz CT molecular complexity index is 559. The summed E-state index contributed by atoms with van der Waals surface area (Å²) >= 11 is 7.66. The number of thiazole rings is 1. The third-order valence-corrected chi connectivity index (χ3v) is 3.99. The molecule has 0 saturated heterocycles. The topological polar surface area (TPSA) is 60.2 Å². The number of aryl methyl sites for hydroxylation is 1. The zero-order valence-corrected chi connectivity index (χ0v) is 12.4. The third kappa shape index (κ3) is 3.45. The van der Waals surface area contributed by atoms with Crippen LogP contribution in [0.4, 0.5) is 0 Å². The number of hydrogen-bond donors (Lipinski definition) is 2. The molecule has 1 heterocycles. The van der Waals surface area contributed by atoms with Gasteiger partial charge in [-0.25, -0.2) is 4.98 Å². The minimum atomic E-state index is -0.0207. The second kappa shape index (κ2) is 6.34. The second-order valence-corrected chi connectivity index (χ2v) is 5.64. The van der Waals surface area contributed by atoms with Crippen molar-refractivity contribution in [2.75, 3.05) is 7.11 Å². The van der Waals surface area contributed by atoms with Crippen LogP contribution < -0.4 is 16.0 Å². The molecule has 3 N–H and O–H groups in total. The van der Waals surface area contributed by atoms with E-state index in [1.807, 2.05) is 30.5 Å². The van der Waals surface area contributed by atoms with Gasteiger partial charge in [-0.15, -0.1) is 11.3 Å². The average molecular weight is 298 g/mol. The average Bonchev–Trinajstić information content (AvgIpc) is 2.82. The molecule has 6 heteroatoms. The van der Waals surface area contributed by atoms with Crippen LogP contribution in [0.25, 0.3) is 0 Å². The fourth-order valence-corrected chi connectivity index (χ4v) is 2.70. The molecular weight excluding hydrogens is 282 g/mol. The standard InChI is InChI=1S/C13H16ClN3OS/c1-8-16-10(7-19-8)6-12(17-15)9-3-4-11(14)13(5-9)18-2/h3-5,7,12,17H,6,15H2,1-2H3. The summed E-state index contributed by atoms with van der Waals surface area (Å²) < 4.78 is 5.22. The first kappa shape index (κ1) is 14.3. The van der Waals surface area contributed by atoms with Crippen LogP contribution in [0.3, 0.4) is 0 Å². The van der Waals surface area contributed by atoms with E-state index in [0.29, 0.717) is 10.8 Å². The number of nitrogens with one attached hydrogen (secondary N) is 1. The Morgan fingerprint density at radius 2 is 2.32 bits per heavy atom. The molecule has 102 valence electrons. The van der Waals surface area contributed by atoms with Crippen molar-refractivity contribution < 1.29 is 4.74 Å². The van der Waals surface area contributed by atoms with E-state index in [2.05, 4.69) is 10.4 Å². The van der Waals surface area contributed by atoms with Crippen LogP contribution in [0.5, 0.6) is 5.75 Å². The number of ether oxygens (including phenoxy) is 1. The Labute approximate surface area is 121 Å². The van der Waals surface area contributed by atoms with Crippen molar-refractivity contribution in [2.24, 2.45) is 5.84 Å². The Kier molecular flexibility index (Phi) is 4.76. The molecule has 0 radical (unpaired) electrons. The van der Waals surface area contributed by atoms with Gasteiger partial charge < -0.3 is 4.74 Å². The molecule has 0 aliphatic carbocycles. The number of benzene rings is 1. The molecule has 0 amide bonds. The summed E-state index contributed by atoms with van der Waals surface area (Å²) in [4.78, 5) is 4.45. The highest BCUT2D eigenvalue weighted by molar-refractivity contribution is 7.09. The Morgan fingerprint density at radius 3 is 2.89 bits per heavy atom. The molecule has 0 saturated carbocycles. The summed E-state index contributed by atoms with van der Waals surface area (Å²) in [6.07, 6.45) is 0.728. The fraction of sp³-hybridized carbons (Fsp3) is 0.308. The highest BCUT2D eigenvalue weighted by Crippen LogP contribution is 2.29. The molecule has 19 heavy (non-hydrogen) atoms. The fourth-order valence-electron chi connectivity index (χ4n) is 1.88. The summed E-state index contributed by atoms with van der Waals surface area (Å²) in [5.41, 5.74) is 4.86. The largest absolute Gasteiger partial charge is 0.495 e. The Balaban J connectivity index is 2.21. The molecule has 0 bridgehead atoms. The van der Waals surface area contributed by atoms with Gasteiger partial charge in [0.1, 0.15) is 5.75 Å². The van der Waals surface area contributed by atoms with Crippen molar-refractivity contribution in [2.45, 2.75) is 19.4 Å². The highest BCUT2D eigenvalue weighted by Gasteiger charge is 2.14. The van der Waals surface area contributed by atoms with Gasteiger partial charge in [0.05, 0.1) is 28.9 Å². The van der Waals surface area contributed by atoms with E-state index < -0.39 is 0 Å². The van der Waals surface area contributed by atoms with Crippen molar-refractivity contribution in [1.29, 1.82) is 0 Å². The van der Waals surface area contributed by atoms with Gasteiger partial charge in [-0.3, -0.25) is 11.3 Å². The molecule has 2 aromatic rings. The van der Waals surface area contributed by atoms with Crippen molar-refractivity contribution in [3.63, 3.8) is 0 Å². The number of hydrogen-bond acceptors (Lipinski definition) is 5. The van der Waals surface area contributed by atoms with Gasteiger partial charge in [-0.05, 0) is 24.6 Å². The lowest BCUT2D eigenvalue weighted by molar-refractivity contribution is 0.413. The van der Waals surface area contributed by atoms with E-state index in [0.717, 1.165) is 22.7 Å². The van der Waals surface area contributed by atoms with Gasteiger partial charge in [-0.1, -0.05) is 17.7 Å².